The third-order valence-corrected chi connectivity index (χ3v) is 5.20. The highest BCUT2D eigenvalue weighted by Crippen LogP contribution is 2.37. The molecule has 180 valence electrons. The van der Waals surface area contributed by atoms with Crippen molar-refractivity contribution in [3.05, 3.63) is 95.1 Å². The molecule has 0 fully saturated rings. The van der Waals surface area contributed by atoms with Crippen LogP contribution >= 0.6 is 0 Å². The summed E-state index contributed by atoms with van der Waals surface area (Å²) in [5.41, 5.74) is -1.61. The maximum Gasteiger partial charge on any atom is 0.336 e. The molecule has 0 aromatic heterocycles. The largest absolute Gasteiger partial charge is 0.478 e. The molecule has 4 aromatic carbocycles. The fourth-order valence-corrected chi connectivity index (χ4v) is 3.58. The SMILES string of the molecule is O=C(O)c1ccc(Oc2cccc3c(Oc4ccc(C(=O)O)c(C(=O)O)c4)cccc23)cc1C(=O)O. The molecule has 0 bridgehead atoms. The molecule has 0 spiro atoms. The quantitative estimate of drug-likeness (QED) is 0.258. The molecule has 0 atom stereocenters. The Morgan fingerprint density at radius 1 is 0.472 bits per heavy atom. The molecule has 0 unspecified atom stereocenters. The van der Waals surface area contributed by atoms with E-state index in [1.807, 2.05) is 0 Å². The Morgan fingerprint density at radius 2 is 0.833 bits per heavy atom. The van der Waals surface area contributed by atoms with Gasteiger partial charge in [-0.3, -0.25) is 0 Å². The van der Waals surface area contributed by atoms with Crippen molar-refractivity contribution in [2.75, 3.05) is 0 Å². The number of benzene rings is 4. The molecule has 36 heavy (non-hydrogen) atoms. The molecule has 4 aromatic rings. The van der Waals surface area contributed by atoms with Gasteiger partial charge in [-0.15, -0.1) is 0 Å². The van der Waals surface area contributed by atoms with Crippen LogP contribution in [0.4, 0.5) is 0 Å². The van der Waals surface area contributed by atoms with E-state index in [9.17, 15) is 39.6 Å². The Kier molecular flexibility index (Phi) is 6.25. The lowest BCUT2D eigenvalue weighted by atomic mass is 10.1. The zero-order valence-corrected chi connectivity index (χ0v) is 18.2. The van der Waals surface area contributed by atoms with Gasteiger partial charge in [0.1, 0.15) is 23.0 Å². The van der Waals surface area contributed by atoms with Gasteiger partial charge in [0.05, 0.1) is 22.3 Å². The first kappa shape index (κ1) is 23.8. The maximum atomic E-state index is 11.5. The second-order valence-corrected chi connectivity index (χ2v) is 7.45. The molecule has 0 aliphatic rings. The number of fused-ring (bicyclic) bond motifs is 1. The highest BCUT2D eigenvalue weighted by atomic mass is 16.5. The topological polar surface area (TPSA) is 168 Å². The number of carbonyl (C=O) groups is 4. The van der Waals surface area contributed by atoms with Crippen LogP contribution in [-0.2, 0) is 0 Å². The number of carboxylic acids is 4. The van der Waals surface area contributed by atoms with Crippen LogP contribution in [0.3, 0.4) is 0 Å². The second-order valence-electron chi connectivity index (χ2n) is 7.45. The Morgan fingerprint density at radius 3 is 1.17 bits per heavy atom. The van der Waals surface area contributed by atoms with Gasteiger partial charge in [-0.1, -0.05) is 24.3 Å². The molecule has 4 rings (SSSR count). The van der Waals surface area contributed by atoms with E-state index in [4.69, 9.17) is 9.47 Å². The first-order valence-electron chi connectivity index (χ1n) is 10.2. The zero-order valence-electron chi connectivity index (χ0n) is 18.2. The van der Waals surface area contributed by atoms with Crippen molar-refractivity contribution in [2.24, 2.45) is 0 Å². The van der Waals surface area contributed by atoms with Gasteiger partial charge in [0, 0.05) is 10.8 Å². The van der Waals surface area contributed by atoms with Crippen LogP contribution in [0.15, 0.2) is 72.8 Å². The summed E-state index contributed by atoms with van der Waals surface area (Å²) in [5, 5.41) is 38.2. The molecular weight excluding hydrogens is 472 g/mol. The van der Waals surface area contributed by atoms with Crippen LogP contribution in [0.5, 0.6) is 23.0 Å². The third kappa shape index (κ3) is 4.64. The minimum Gasteiger partial charge on any atom is -0.478 e. The van der Waals surface area contributed by atoms with Crippen molar-refractivity contribution in [1.82, 2.24) is 0 Å². The molecule has 0 aliphatic carbocycles. The van der Waals surface area contributed by atoms with E-state index < -0.39 is 35.0 Å². The zero-order chi connectivity index (χ0) is 26.0. The summed E-state index contributed by atoms with van der Waals surface area (Å²) in [7, 11) is 0. The number of ether oxygens (including phenoxy) is 2. The van der Waals surface area contributed by atoms with Crippen LogP contribution < -0.4 is 9.47 Å². The summed E-state index contributed by atoms with van der Waals surface area (Å²) in [6, 6.07) is 17.2. The molecule has 0 amide bonds. The van der Waals surface area contributed by atoms with Gasteiger partial charge in [0.2, 0.25) is 0 Å². The van der Waals surface area contributed by atoms with Crippen LogP contribution in [-0.4, -0.2) is 44.3 Å². The minimum atomic E-state index is -1.42. The van der Waals surface area contributed by atoms with E-state index in [-0.39, 0.29) is 22.6 Å². The van der Waals surface area contributed by atoms with Crippen molar-refractivity contribution >= 4 is 34.6 Å². The Labute approximate surface area is 202 Å². The summed E-state index contributed by atoms with van der Waals surface area (Å²) >= 11 is 0. The summed E-state index contributed by atoms with van der Waals surface area (Å²) in [4.78, 5) is 45.5. The molecule has 0 radical (unpaired) electrons. The van der Waals surface area contributed by atoms with E-state index in [1.165, 1.54) is 12.1 Å². The fourth-order valence-electron chi connectivity index (χ4n) is 3.58. The van der Waals surface area contributed by atoms with Gasteiger partial charge < -0.3 is 29.9 Å². The average molecular weight is 488 g/mol. The van der Waals surface area contributed by atoms with Crippen LogP contribution in [0.25, 0.3) is 10.8 Å². The molecule has 0 heterocycles. The molecule has 0 saturated carbocycles. The summed E-state index contributed by atoms with van der Waals surface area (Å²) in [6.07, 6.45) is 0. The number of hydrogen-bond donors (Lipinski definition) is 4. The third-order valence-electron chi connectivity index (χ3n) is 5.20. The molecule has 0 saturated heterocycles. The maximum absolute atomic E-state index is 11.5. The smallest absolute Gasteiger partial charge is 0.336 e. The van der Waals surface area contributed by atoms with E-state index in [0.29, 0.717) is 22.3 Å². The van der Waals surface area contributed by atoms with E-state index in [2.05, 4.69) is 0 Å². The summed E-state index contributed by atoms with van der Waals surface area (Å²) in [5.74, 6) is -4.74. The first-order chi connectivity index (χ1) is 17.2. The van der Waals surface area contributed by atoms with Crippen molar-refractivity contribution < 1.29 is 49.1 Å². The van der Waals surface area contributed by atoms with Gasteiger partial charge in [-0.25, -0.2) is 19.2 Å². The van der Waals surface area contributed by atoms with E-state index in [1.54, 1.807) is 36.4 Å². The normalized spacial score (nSPS) is 10.6. The number of hydrogen-bond acceptors (Lipinski definition) is 6. The predicted octanol–water partition coefficient (Wildman–Crippen LogP) is 5.22. The lowest BCUT2D eigenvalue weighted by Crippen LogP contribution is -2.08. The highest BCUT2D eigenvalue weighted by Gasteiger charge is 2.19. The van der Waals surface area contributed by atoms with Crippen molar-refractivity contribution in [1.29, 1.82) is 0 Å². The van der Waals surface area contributed by atoms with Crippen LogP contribution in [0, 0.1) is 0 Å². The Hall–Kier alpha value is -5.38. The predicted molar refractivity (Wildman–Crippen MR) is 125 cm³/mol. The molecule has 4 N–H and O–H groups in total. The first-order valence-corrected chi connectivity index (χ1v) is 10.2. The van der Waals surface area contributed by atoms with Gasteiger partial charge in [-0.05, 0) is 48.5 Å². The standard InChI is InChI=1S/C26H16O10/c27-23(28)17-9-7-13(11-19(17)25(31)32)35-21-5-1-3-15-16(21)4-2-6-22(15)36-14-8-10-18(24(29)30)20(12-14)26(33)34/h1-12H,(H,27,28)(H,29,30)(H,31,32)(H,33,34). The summed E-state index contributed by atoms with van der Waals surface area (Å²) < 4.78 is 11.7. The van der Waals surface area contributed by atoms with E-state index >= 15 is 0 Å². The number of aromatic carboxylic acids is 4. The van der Waals surface area contributed by atoms with E-state index in [0.717, 1.165) is 24.3 Å². The van der Waals surface area contributed by atoms with Gasteiger partial charge in [0.25, 0.3) is 0 Å². The lowest BCUT2D eigenvalue weighted by Gasteiger charge is -2.14. The van der Waals surface area contributed by atoms with Gasteiger partial charge in [-0.2, -0.15) is 0 Å². The fraction of sp³-hybridized carbons (Fsp3) is 0. The van der Waals surface area contributed by atoms with Gasteiger partial charge >= 0.3 is 23.9 Å². The Bertz CT molecular complexity index is 1440. The highest BCUT2D eigenvalue weighted by molar-refractivity contribution is 6.03. The van der Waals surface area contributed by atoms with Gasteiger partial charge in [0.15, 0.2) is 0 Å². The lowest BCUT2D eigenvalue weighted by molar-refractivity contribution is 0.0651. The Balaban J connectivity index is 1.71. The summed E-state index contributed by atoms with van der Waals surface area (Å²) in [6.45, 7) is 0. The van der Waals surface area contributed by atoms with Crippen molar-refractivity contribution in [3.8, 4) is 23.0 Å². The monoisotopic (exact) mass is 488 g/mol. The molecular formula is C26H16O10. The van der Waals surface area contributed by atoms with Crippen LogP contribution in [0.1, 0.15) is 41.4 Å². The second kappa shape index (κ2) is 9.47. The van der Waals surface area contributed by atoms with Crippen LogP contribution in [0.2, 0.25) is 0 Å². The minimum absolute atomic E-state index is 0.103. The number of rotatable bonds is 8. The molecule has 10 nitrogen and oxygen atoms in total. The molecule has 0 aliphatic heterocycles. The van der Waals surface area contributed by atoms with Crippen molar-refractivity contribution in [3.63, 3.8) is 0 Å². The average Bonchev–Trinajstić information content (AvgIpc) is 2.84. The number of carboxylic acid groups (broad SMARTS) is 4. The molecule has 10 heteroatoms. The van der Waals surface area contributed by atoms with Crippen molar-refractivity contribution in [2.45, 2.75) is 0 Å².